The van der Waals surface area contributed by atoms with Crippen LogP contribution >= 0.6 is 11.8 Å². The molecular formula is C8H16O2S. The van der Waals surface area contributed by atoms with Gasteiger partial charge in [0.2, 0.25) is 0 Å². The minimum Gasteiger partial charge on any atom is -0.367 e. The van der Waals surface area contributed by atoms with Gasteiger partial charge in [0.25, 0.3) is 0 Å². The lowest BCUT2D eigenvalue weighted by atomic mass is 9.91. The van der Waals surface area contributed by atoms with Crippen molar-refractivity contribution in [3.05, 3.63) is 0 Å². The summed E-state index contributed by atoms with van der Waals surface area (Å²) in [5.74, 6) is 0.999. The molecule has 0 spiro atoms. The molecule has 11 heavy (non-hydrogen) atoms. The van der Waals surface area contributed by atoms with Gasteiger partial charge in [0.15, 0.2) is 6.29 Å². The first-order chi connectivity index (χ1) is 5.02. The first kappa shape index (κ1) is 9.36. The molecule has 1 rings (SSSR count). The van der Waals surface area contributed by atoms with Gasteiger partial charge in [-0.2, -0.15) is 11.8 Å². The monoisotopic (exact) mass is 176 g/mol. The Labute approximate surface area is 72.3 Å². The first-order valence-corrected chi connectivity index (χ1v) is 4.98. The molecule has 0 aromatic rings. The minimum atomic E-state index is -0.575. The molecule has 3 heteroatoms. The van der Waals surface area contributed by atoms with E-state index in [4.69, 9.17) is 4.74 Å². The second-order valence-corrected chi connectivity index (χ2v) is 5.17. The zero-order chi connectivity index (χ0) is 8.48. The smallest absolute Gasteiger partial charge is 0.166 e. The number of rotatable bonds is 0. The lowest BCUT2D eigenvalue weighted by molar-refractivity contribution is -0.112. The maximum Gasteiger partial charge on any atom is 0.166 e. The number of aliphatic hydroxyl groups is 1. The van der Waals surface area contributed by atoms with Gasteiger partial charge in [0, 0.05) is 5.75 Å². The molecule has 0 unspecified atom stereocenters. The molecule has 1 heterocycles. The van der Waals surface area contributed by atoms with Crippen LogP contribution in [0.2, 0.25) is 0 Å². The maximum absolute atomic E-state index is 9.46. The number of hydrogen-bond acceptors (Lipinski definition) is 3. The predicted molar refractivity (Wildman–Crippen MR) is 47.7 cm³/mol. The van der Waals surface area contributed by atoms with E-state index in [0.717, 1.165) is 5.75 Å². The Morgan fingerprint density at radius 1 is 1.45 bits per heavy atom. The van der Waals surface area contributed by atoms with E-state index in [1.54, 1.807) is 11.8 Å². The molecule has 1 aliphatic rings. The maximum atomic E-state index is 9.46. The van der Waals surface area contributed by atoms with E-state index in [-0.39, 0.29) is 10.7 Å². The summed E-state index contributed by atoms with van der Waals surface area (Å²) in [6, 6.07) is 0. The molecular weight excluding hydrogens is 160 g/mol. The minimum absolute atomic E-state index is 0.129. The lowest BCUT2D eigenvalue weighted by Gasteiger charge is -2.36. The second kappa shape index (κ2) is 3.33. The molecule has 0 aromatic heterocycles. The van der Waals surface area contributed by atoms with Gasteiger partial charge in [-0.1, -0.05) is 20.8 Å². The number of aliphatic hydroxyl groups excluding tert-OH is 1. The van der Waals surface area contributed by atoms with Gasteiger partial charge >= 0.3 is 0 Å². The van der Waals surface area contributed by atoms with Crippen LogP contribution in [0.4, 0.5) is 0 Å². The van der Waals surface area contributed by atoms with Crippen molar-refractivity contribution in [1.82, 2.24) is 0 Å². The summed E-state index contributed by atoms with van der Waals surface area (Å²) in [6.07, 6.45) is -0.575. The van der Waals surface area contributed by atoms with Gasteiger partial charge in [0.05, 0.1) is 11.9 Å². The molecule has 2 atom stereocenters. The zero-order valence-electron chi connectivity index (χ0n) is 7.33. The summed E-state index contributed by atoms with van der Waals surface area (Å²) in [7, 11) is 0. The molecule has 1 fully saturated rings. The molecule has 66 valence electrons. The molecule has 2 nitrogen and oxygen atoms in total. The van der Waals surface area contributed by atoms with Crippen molar-refractivity contribution in [3.63, 3.8) is 0 Å². The van der Waals surface area contributed by atoms with E-state index in [2.05, 4.69) is 20.8 Å². The van der Waals surface area contributed by atoms with Crippen LogP contribution in [-0.4, -0.2) is 29.0 Å². The number of thioether (sulfide) groups is 1. The topological polar surface area (TPSA) is 29.5 Å². The van der Waals surface area contributed by atoms with Crippen molar-refractivity contribution in [1.29, 1.82) is 0 Å². The van der Waals surface area contributed by atoms with Crippen LogP contribution in [0.15, 0.2) is 0 Å². The molecule has 0 aromatic carbocycles. The highest BCUT2D eigenvalue weighted by molar-refractivity contribution is 8.00. The van der Waals surface area contributed by atoms with Crippen LogP contribution in [0.25, 0.3) is 0 Å². The van der Waals surface area contributed by atoms with Gasteiger partial charge in [0.1, 0.15) is 0 Å². The summed E-state index contributed by atoms with van der Waals surface area (Å²) in [5.41, 5.74) is 0.129. The Balaban J connectivity index is 2.55. The SMILES string of the molecule is CC(C)(C)[C@@H]1SCCO[C@H]1O. The zero-order valence-corrected chi connectivity index (χ0v) is 8.15. The number of hydrogen-bond donors (Lipinski definition) is 1. The molecule has 1 saturated heterocycles. The third-order valence-corrected chi connectivity index (χ3v) is 3.48. The van der Waals surface area contributed by atoms with Crippen LogP contribution in [0.1, 0.15) is 20.8 Å². The van der Waals surface area contributed by atoms with E-state index in [9.17, 15) is 5.11 Å². The molecule has 0 radical (unpaired) electrons. The highest BCUT2D eigenvalue weighted by atomic mass is 32.2. The van der Waals surface area contributed by atoms with Crippen LogP contribution in [0, 0.1) is 5.41 Å². The predicted octanol–water partition coefficient (Wildman–Crippen LogP) is 1.48. The van der Waals surface area contributed by atoms with E-state index < -0.39 is 6.29 Å². The summed E-state index contributed by atoms with van der Waals surface area (Å²) < 4.78 is 5.15. The van der Waals surface area contributed by atoms with Crippen molar-refractivity contribution < 1.29 is 9.84 Å². The summed E-state index contributed by atoms with van der Waals surface area (Å²) in [4.78, 5) is 0. The average molecular weight is 176 g/mol. The summed E-state index contributed by atoms with van der Waals surface area (Å²) >= 11 is 1.80. The van der Waals surface area contributed by atoms with Crippen molar-refractivity contribution in [2.75, 3.05) is 12.4 Å². The van der Waals surface area contributed by atoms with Crippen LogP contribution < -0.4 is 0 Å². The molecule has 1 N–H and O–H groups in total. The van der Waals surface area contributed by atoms with Crippen LogP contribution in [0.5, 0.6) is 0 Å². The Hall–Kier alpha value is 0.270. The van der Waals surface area contributed by atoms with E-state index in [1.807, 2.05) is 0 Å². The lowest BCUT2D eigenvalue weighted by Crippen LogP contribution is -2.40. The summed E-state index contributed by atoms with van der Waals surface area (Å²) in [6.45, 7) is 7.06. The third kappa shape index (κ3) is 2.36. The van der Waals surface area contributed by atoms with Gasteiger partial charge in [-0.15, -0.1) is 0 Å². The van der Waals surface area contributed by atoms with Gasteiger partial charge < -0.3 is 9.84 Å². The largest absolute Gasteiger partial charge is 0.367 e. The van der Waals surface area contributed by atoms with Gasteiger partial charge in [-0.05, 0) is 5.41 Å². The van der Waals surface area contributed by atoms with E-state index in [1.165, 1.54) is 0 Å². The fourth-order valence-corrected chi connectivity index (χ4v) is 2.38. The van der Waals surface area contributed by atoms with Crippen molar-refractivity contribution in [2.45, 2.75) is 32.3 Å². The normalized spacial score (nSPS) is 33.8. The molecule has 0 saturated carbocycles. The second-order valence-electron chi connectivity index (χ2n) is 3.92. The molecule has 0 amide bonds. The fraction of sp³-hybridized carbons (Fsp3) is 1.00. The fourth-order valence-electron chi connectivity index (χ4n) is 1.19. The van der Waals surface area contributed by atoms with Crippen molar-refractivity contribution in [2.24, 2.45) is 5.41 Å². The van der Waals surface area contributed by atoms with Crippen molar-refractivity contribution >= 4 is 11.8 Å². The highest BCUT2D eigenvalue weighted by Gasteiger charge is 2.34. The highest BCUT2D eigenvalue weighted by Crippen LogP contribution is 2.35. The first-order valence-electron chi connectivity index (χ1n) is 3.93. The summed E-state index contributed by atoms with van der Waals surface area (Å²) in [5, 5.41) is 9.68. The Morgan fingerprint density at radius 3 is 2.45 bits per heavy atom. The molecule has 0 aliphatic carbocycles. The Bertz CT molecular complexity index is 131. The Kier molecular flexibility index (Phi) is 2.84. The average Bonchev–Trinajstić information content (AvgIpc) is 1.86. The third-order valence-electron chi connectivity index (χ3n) is 1.78. The van der Waals surface area contributed by atoms with Gasteiger partial charge in [-0.25, -0.2) is 0 Å². The Morgan fingerprint density at radius 2 is 2.09 bits per heavy atom. The van der Waals surface area contributed by atoms with Gasteiger partial charge in [-0.3, -0.25) is 0 Å². The van der Waals surface area contributed by atoms with Crippen molar-refractivity contribution in [3.8, 4) is 0 Å². The van der Waals surface area contributed by atoms with E-state index in [0.29, 0.717) is 6.61 Å². The van der Waals surface area contributed by atoms with E-state index >= 15 is 0 Å². The van der Waals surface area contributed by atoms with Crippen LogP contribution in [-0.2, 0) is 4.74 Å². The molecule has 0 bridgehead atoms. The number of ether oxygens (including phenoxy) is 1. The van der Waals surface area contributed by atoms with Crippen LogP contribution in [0.3, 0.4) is 0 Å². The standard InChI is InChI=1S/C8H16O2S/c1-8(2,3)6-7(9)10-4-5-11-6/h6-7,9H,4-5H2,1-3H3/t6-,7-/m1/s1. The quantitative estimate of drug-likeness (QED) is 0.606. The molecule has 1 aliphatic heterocycles.